The normalized spacial score (nSPS) is 13.9. The maximum absolute atomic E-state index is 5.48. The summed E-state index contributed by atoms with van der Waals surface area (Å²) in [7, 11) is 3.45. The molecule has 0 saturated heterocycles. The van der Waals surface area contributed by atoms with Crippen molar-refractivity contribution >= 4 is 0 Å². The van der Waals surface area contributed by atoms with Crippen LogP contribution in [0.5, 0.6) is 5.75 Å². The van der Waals surface area contributed by atoms with Gasteiger partial charge in [0.1, 0.15) is 5.75 Å². The van der Waals surface area contributed by atoms with Crippen LogP contribution in [0.4, 0.5) is 0 Å². The highest BCUT2D eigenvalue weighted by molar-refractivity contribution is 5.44. The molecule has 1 aromatic rings. The van der Waals surface area contributed by atoms with E-state index in [2.05, 4.69) is 22.8 Å². The largest absolute Gasteiger partial charge is 0.496 e. The molecule has 114 valence electrons. The lowest BCUT2D eigenvalue weighted by molar-refractivity contribution is 0.139. The van der Waals surface area contributed by atoms with Gasteiger partial charge in [0.25, 0.3) is 0 Å². The van der Waals surface area contributed by atoms with Crippen molar-refractivity contribution in [2.24, 2.45) is 5.73 Å². The van der Waals surface area contributed by atoms with Gasteiger partial charge in [-0.25, -0.2) is 0 Å². The summed E-state index contributed by atoms with van der Waals surface area (Å²) < 4.78 is 10.7. The van der Waals surface area contributed by atoms with E-state index >= 15 is 0 Å². The maximum Gasteiger partial charge on any atom is 0.123 e. The van der Waals surface area contributed by atoms with Crippen LogP contribution in [0.15, 0.2) is 18.2 Å². The molecule has 4 heteroatoms. The van der Waals surface area contributed by atoms with Gasteiger partial charge in [0.15, 0.2) is 0 Å². The predicted molar refractivity (Wildman–Crippen MR) is 84.2 cm³/mol. The van der Waals surface area contributed by atoms with Crippen molar-refractivity contribution < 1.29 is 9.47 Å². The third-order valence-electron chi connectivity index (χ3n) is 3.63. The van der Waals surface area contributed by atoms with Gasteiger partial charge in [-0.15, -0.1) is 0 Å². The first-order chi connectivity index (χ1) is 10.3. The molecule has 0 heterocycles. The van der Waals surface area contributed by atoms with Crippen LogP contribution in [-0.2, 0) is 11.3 Å². The van der Waals surface area contributed by atoms with Gasteiger partial charge in [0.05, 0.1) is 20.3 Å². The molecule has 4 nitrogen and oxygen atoms in total. The Labute approximate surface area is 127 Å². The van der Waals surface area contributed by atoms with E-state index in [1.807, 2.05) is 12.1 Å². The monoisotopic (exact) mass is 288 g/mol. The lowest BCUT2D eigenvalue weighted by atomic mass is 10.1. The molecular weight excluding hydrogens is 264 g/mol. The van der Waals surface area contributed by atoms with Crippen molar-refractivity contribution in [3.8, 4) is 17.6 Å². The summed E-state index contributed by atoms with van der Waals surface area (Å²) in [5.74, 6) is 6.89. The Hall–Kier alpha value is -1.54. The Kier molecular flexibility index (Phi) is 6.06. The number of methoxy groups -OCH3 is 2. The molecule has 0 bridgehead atoms. The molecule has 21 heavy (non-hydrogen) atoms. The highest BCUT2D eigenvalue weighted by Crippen LogP contribution is 2.30. The van der Waals surface area contributed by atoms with Crippen LogP contribution >= 0.6 is 0 Å². The van der Waals surface area contributed by atoms with Crippen molar-refractivity contribution in [2.45, 2.75) is 25.4 Å². The lowest BCUT2D eigenvalue weighted by Crippen LogP contribution is -2.29. The molecule has 0 unspecified atom stereocenters. The summed E-state index contributed by atoms with van der Waals surface area (Å²) in [5, 5.41) is 0. The van der Waals surface area contributed by atoms with E-state index < -0.39 is 0 Å². The quantitative estimate of drug-likeness (QED) is 0.775. The van der Waals surface area contributed by atoms with Gasteiger partial charge >= 0.3 is 0 Å². The van der Waals surface area contributed by atoms with Crippen LogP contribution in [0.1, 0.15) is 24.0 Å². The molecule has 2 rings (SSSR count). The first-order valence-electron chi connectivity index (χ1n) is 7.37. The Bertz CT molecular complexity index is 515. The third kappa shape index (κ3) is 4.75. The van der Waals surface area contributed by atoms with Crippen LogP contribution in [0, 0.1) is 11.8 Å². The molecule has 1 aliphatic carbocycles. The molecule has 0 aliphatic heterocycles. The van der Waals surface area contributed by atoms with E-state index in [0.717, 1.165) is 31.0 Å². The number of benzene rings is 1. The fourth-order valence-corrected chi connectivity index (χ4v) is 2.39. The van der Waals surface area contributed by atoms with Crippen LogP contribution in [-0.4, -0.2) is 44.9 Å². The van der Waals surface area contributed by atoms with Crippen LogP contribution in [0.25, 0.3) is 0 Å². The van der Waals surface area contributed by atoms with Gasteiger partial charge < -0.3 is 15.2 Å². The average molecular weight is 288 g/mol. The van der Waals surface area contributed by atoms with Crippen molar-refractivity contribution in [3.05, 3.63) is 29.3 Å². The fraction of sp³-hybridized carbons (Fsp3) is 0.529. The summed E-state index contributed by atoms with van der Waals surface area (Å²) in [5.41, 5.74) is 7.59. The summed E-state index contributed by atoms with van der Waals surface area (Å²) in [6.45, 7) is 2.95. The third-order valence-corrected chi connectivity index (χ3v) is 3.63. The number of ether oxygens (including phenoxy) is 2. The zero-order valence-corrected chi connectivity index (χ0v) is 12.9. The Morgan fingerprint density at radius 1 is 1.33 bits per heavy atom. The summed E-state index contributed by atoms with van der Waals surface area (Å²) in [6, 6.07) is 6.74. The first kappa shape index (κ1) is 15.8. The summed E-state index contributed by atoms with van der Waals surface area (Å²) >= 11 is 0. The molecule has 1 aliphatic rings. The second-order valence-corrected chi connectivity index (χ2v) is 5.23. The number of rotatable bonds is 7. The summed E-state index contributed by atoms with van der Waals surface area (Å²) in [6.07, 6.45) is 2.55. The Morgan fingerprint density at radius 2 is 2.14 bits per heavy atom. The Balaban J connectivity index is 2.14. The Morgan fingerprint density at radius 3 is 2.76 bits per heavy atom. The van der Waals surface area contributed by atoms with Gasteiger partial charge in [-0.1, -0.05) is 11.8 Å². The van der Waals surface area contributed by atoms with E-state index in [9.17, 15) is 0 Å². The minimum absolute atomic E-state index is 0.378. The van der Waals surface area contributed by atoms with Crippen LogP contribution < -0.4 is 10.5 Å². The smallest absolute Gasteiger partial charge is 0.123 e. The molecular formula is C17H24N2O2. The highest BCUT2D eigenvalue weighted by Gasteiger charge is 2.29. The van der Waals surface area contributed by atoms with E-state index in [1.165, 1.54) is 18.4 Å². The fourth-order valence-electron chi connectivity index (χ4n) is 2.39. The van der Waals surface area contributed by atoms with Gasteiger partial charge in [-0.3, -0.25) is 4.90 Å². The van der Waals surface area contributed by atoms with Crippen molar-refractivity contribution in [2.75, 3.05) is 33.9 Å². The molecule has 0 aromatic heterocycles. The zero-order valence-electron chi connectivity index (χ0n) is 12.9. The minimum Gasteiger partial charge on any atom is -0.496 e. The molecule has 2 N–H and O–H groups in total. The highest BCUT2D eigenvalue weighted by atomic mass is 16.5. The molecule has 0 amide bonds. The average Bonchev–Trinajstić information content (AvgIpc) is 3.34. The minimum atomic E-state index is 0.378. The van der Waals surface area contributed by atoms with Crippen LogP contribution in [0.2, 0.25) is 0 Å². The molecule has 0 spiro atoms. The van der Waals surface area contributed by atoms with E-state index in [4.69, 9.17) is 15.2 Å². The first-order valence-corrected chi connectivity index (χ1v) is 7.37. The second kappa shape index (κ2) is 8.04. The predicted octanol–water partition coefficient (Wildman–Crippen LogP) is 1.62. The summed E-state index contributed by atoms with van der Waals surface area (Å²) in [4.78, 5) is 2.46. The SMILES string of the molecule is COCCN(Cc1cc(C#CCN)ccc1OC)C1CC1. The molecule has 1 fully saturated rings. The van der Waals surface area contributed by atoms with Gasteiger partial charge in [0.2, 0.25) is 0 Å². The van der Waals surface area contributed by atoms with E-state index in [-0.39, 0.29) is 0 Å². The molecule has 1 aromatic carbocycles. The van der Waals surface area contributed by atoms with E-state index in [1.54, 1.807) is 14.2 Å². The number of nitrogens with zero attached hydrogens (tertiary/aromatic N) is 1. The lowest BCUT2D eigenvalue weighted by Gasteiger charge is -2.22. The van der Waals surface area contributed by atoms with Crippen molar-refractivity contribution in [1.29, 1.82) is 0 Å². The topological polar surface area (TPSA) is 47.7 Å². The molecule has 0 atom stereocenters. The van der Waals surface area contributed by atoms with Crippen molar-refractivity contribution in [3.63, 3.8) is 0 Å². The molecule has 1 saturated carbocycles. The van der Waals surface area contributed by atoms with Gasteiger partial charge in [-0.05, 0) is 31.0 Å². The number of hydrogen-bond acceptors (Lipinski definition) is 4. The second-order valence-electron chi connectivity index (χ2n) is 5.23. The van der Waals surface area contributed by atoms with Gasteiger partial charge in [-0.2, -0.15) is 0 Å². The maximum atomic E-state index is 5.48. The number of hydrogen-bond donors (Lipinski definition) is 1. The number of nitrogens with two attached hydrogens (primary N) is 1. The van der Waals surface area contributed by atoms with Gasteiger partial charge in [0, 0.05) is 37.4 Å². The standard InChI is InChI=1S/C17H24N2O2/c1-20-11-10-19(16-6-7-16)13-15-12-14(4-3-9-18)5-8-17(15)21-2/h5,8,12,16H,6-7,9-11,13,18H2,1-2H3. The van der Waals surface area contributed by atoms with E-state index in [0.29, 0.717) is 12.6 Å². The van der Waals surface area contributed by atoms with Crippen molar-refractivity contribution in [1.82, 2.24) is 4.90 Å². The molecule has 0 radical (unpaired) electrons. The van der Waals surface area contributed by atoms with Crippen LogP contribution in [0.3, 0.4) is 0 Å². The zero-order chi connectivity index (χ0) is 15.1.